The van der Waals surface area contributed by atoms with Crippen LogP contribution < -0.4 is 0 Å². The molecule has 5 nitrogen and oxygen atoms in total. The van der Waals surface area contributed by atoms with Crippen molar-refractivity contribution in [3.63, 3.8) is 0 Å². The molecule has 1 amide bonds. The molecule has 5 heteroatoms. The van der Waals surface area contributed by atoms with E-state index in [-0.39, 0.29) is 31.7 Å². The number of hydrogen-bond acceptors (Lipinski definition) is 3. The molecule has 0 aliphatic carbocycles. The third kappa shape index (κ3) is 4.19. The minimum absolute atomic E-state index is 0.0169. The lowest BCUT2D eigenvalue weighted by molar-refractivity contribution is -0.165. The van der Waals surface area contributed by atoms with Crippen molar-refractivity contribution >= 4 is 11.9 Å². The van der Waals surface area contributed by atoms with Gasteiger partial charge in [-0.2, -0.15) is 0 Å². The van der Waals surface area contributed by atoms with E-state index in [4.69, 9.17) is 0 Å². The van der Waals surface area contributed by atoms with E-state index in [1.807, 2.05) is 61.5 Å². The van der Waals surface area contributed by atoms with Crippen molar-refractivity contribution in [2.75, 3.05) is 13.1 Å². The van der Waals surface area contributed by atoms with Crippen LogP contribution in [0.3, 0.4) is 0 Å². The van der Waals surface area contributed by atoms with E-state index in [2.05, 4.69) is 0 Å². The number of aliphatic carboxylic acids is 1. The molecule has 1 heterocycles. The molecule has 3 rings (SSSR count). The molecule has 1 aliphatic rings. The first-order valence-corrected chi connectivity index (χ1v) is 9.19. The van der Waals surface area contributed by atoms with Gasteiger partial charge < -0.3 is 15.1 Å². The molecule has 0 unspecified atom stereocenters. The quantitative estimate of drug-likeness (QED) is 0.851. The first-order chi connectivity index (χ1) is 12.9. The highest BCUT2D eigenvalue weighted by molar-refractivity contribution is 5.82. The molecule has 2 N–H and O–H groups in total. The van der Waals surface area contributed by atoms with Crippen molar-refractivity contribution in [3.05, 3.63) is 71.3 Å². The molecule has 1 fully saturated rings. The molecular formula is C22H25NO4. The van der Waals surface area contributed by atoms with Crippen LogP contribution in [0.15, 0.2) is 54.6 Å². The van der Waals surface area contributed by atoms with Crippen LogP contribution in [0.25, 0.3) is 0 Å². The van der Waals surface area contributed by atoms with Crippen LogP contribution in [0.4, 0.5) is 0 Å². The monoisotopic (exact) mass is 367 g/mol. The Morgan fingerprint density at radius 1 is 1.11 bits per heavy atom. The Balaban J connectivity index is 1.80. The summed E-state index contributed by atoms with van der Waals surface area (Å²) in [5.74, 6) is -1.17. The average molecular weight is 367 g/mol. The molecular weight excluding hydrogens is 342 g/mol. The number of carboxylic acids is 1. The molecule has 2 aromatic carbocycles. The number of nitrogens with zero attached hydrogens (tertiary/aromatic N) is 1. The van der Waals surface area contributed by atoms with Gasteiger partial charge in [0.25, 0.3) is 0 Å². The van der Waals surface area contributed by atoms with E-state index in [9.17, 15) is 19.8 Å². The fourth-order valence-electron chi connectivity index (χ4n) is 3.82. The number of rotatable bonds is 5. The molecule has 0 saturated carbocycles. The van der Waals surface area contributed by atoms with Crippen molar-refractivity contribution in [3.8, 4) is 0 Å². The van der Waals surface area contributed by atoms with Gasteiger partial charge in [-0.3, -0.25) is 9.59 Å². The zero-order valence-corrected chi connectivity index (χ0v) is 15.5. The number of piperidine rings is 1. The lowest BCUT2D eigenvalue weighted by Gasteiger charge is -2.43. The predicted octanol–water partition coefficient (Wildman–Crippen LogP) is 2.44. The molecule has 0 aromatic heterocycles. The second-order valence-electron chi connectivity index (χ2n) is 7.41. The number of aryl methyl sites for hydroxylation is 1. The Bertz CT molecular complexity index is 820. The fraction of sp³-hybridized carbons (Fsp3) is 0.364. The number of aliphatic hydroxyl groups is 1. The Hall–Kier alpha value is -2.66. The first kappa shape index (κ1) is 19.1. The zero-order chi connectivity index (χ0) is 19.4. The van der Waals surface area contributed by atoms with E-state index in [0.29, 0.717) is 6.54 Å². The van der Waals surface area contributed by atoms with Crippen molar-refractivity contribution in [2.24, 2.45) is 5.41 Å². The summed E-state index contributed by atoms with van der Waals surface area (Å²) < 4.78 is 0. The maximum Gasteiger partial charge on any atom is 0.314 e. The van der Waals surface area contributed by atoms with Gasteiger partial charge in [0.15, 0.2) is 0 Å². The minimum atomic E-state index is -1.39. The van der Waals surface area contributed by atoms with Gasteiger partial charge in [0.05, 0.1) is 12.5 Å². The van der Waals surface area contributed by atoms with Crippen LogP contribution in [0.1, 0.15) is 23.1 Å². The van der Waals surface area contributed by atoms with Crippen molar-refractivity contribution < 1.29 is 19.8 Å². The molecule has 0 bridgehead atoms. The number of amides is 1. The highest BCUT2D eigenvalue weighted by Gasteiger charge is 2.50. The Morgan fingerprint density at radius 2 is 1.81 bits per heavy atom. The predicted molar refractivity (Wildman–Crippen MR) is 102 cm³/mol. The van der Waals surface area contributed by atoms with Crippen LogP contribution in [0.5, 0.6) is 0 Å². The molecule has 1 saturated heterocycles. The third-order valence-electron chi connectivity index (χ3n) is 5.36. The minimum Gasteiger partial charge on any atom is -0.481 e. The fourth-order valence-corrected chi connectivity index (χ4v) is 3.82. The summed E-state index contributed by atoms with van der Waals surface area (Å²) in [6.45, 7) is 2.36. The van der Waals surface area contributed by atoms with Gasteiger partial charge in [-0.25, -0.2) is 0 Å². The summed E-state index contributed by atoms with van der Waals surface area (Å²) in [7, 11) is 0. The lowest BCUT2D eigenvalue weighted by atomic mass is 9.72. The molecule has 142 valence electrons. The zero-order valence-electron chi connectivity index (χ0n) is 15.5. The summed E-state index contributed by atoms with van der Waals surface area (Å²) in [6.07, 6.45) is -0.297. The number of carbonyl (C=O) groups is 2. The standard InChI is InChI=1S/C22H25NO4/c1-16-6-5-9-18(12-16)13-20(25)23-11-10-19(24)22(15-23,21(26)27)14-17-7-3-2-4-8-17/h2-9,12,19,24H,10-11,13-15H2,1H3,(H,26,27)/t19-,22-/m0/s1. The van der Waals surface area contributed by atoms with E-state index in [0.717, 1.165) is 16.7 Å². The van der Waals surface area contributed by atoms with E-state index in [1.165, 1.54) is 0 Å². The Morgan fingerprint density at radius 3 is 2.48 bits per heavy atom. The van der Waals surface area contributed by atoms with Gasteiger partial charge in [-0.1, -0.05) is 60.2 Å². The maximum absolute atomic E-state index is 12.8. The smallest absolute Gasteiger partial charge is 0.314 e. The summed E-state index contributed by atoms with van der Waals surface area (Å²) in [4.78, 5) is 26.6. The van der Waals surface area contributed by atoms with Gasteiger partial charge in [-0.05, 0) is 30.9 Å². The second-order valence-corrected chi connectivity index (χ2v) is 7.41. The third-order valence-corrected chi connectivity index (χ3v) is 5.36. The number of carbonyl (C=O) groups excluding carboxylic acids is 1. The molecule has 1 aliphatic heterocycles. The summed E-state index contributed by atoms with van der Waals surface area (Å²) in [5.41, 5.74) is 1.45. The lowest BCUT2D eigenvalue weighted by Crippen LogP contribution is -2.58. The summed E-state index contributed by atoms with van der Waals surface area (Å²) in [5, 5.41) is 20.5. The molecule has 0 spiro atoms. The van der Waals surface area contributed by atoms with Crippen LogP contribution in [-0.2, 0) is 22.4 Å². The average Bonchev–Trinajstić information content (AvgIpc) is 2.64. The number of carboxylic acid groups (broad SMARTS) is 1. The highest BCUT2D eigenvalue weighted by atomic mass is 16.4. The van der Waals surface area contributed by atoms with Gasteiger partial charge in [0.1, 0.15) is 5.41 Å². The van der Waals surface area contributed by atoms with Crippen molar-refractivity contribution in [1.29, 1.82) is 0 Å². The largest absolute Gasteiger partial charge is 0.481 e. The van der Waals surface area contributed by atoms with Crippen LogP contribution in [0, 0.1) is 12.3 Å². The van der Waals surface area contributed by atoms with Crippen LogP contribution >= 0.6 is 0 Å². The van der Waals surface area contributed by atoms with Gasteiger partial charge >= 0.3 is 5.97 Å². The maximum atomic E-state index is 12.8. The molecule has 27 heavy (non-hydrogen) atoms. The summed E-state index contributed by atoms with van der Waals surface area (Å²) in [6, 6.07) is 17.0. The van der Waals surface area contributed by atoms with E-state index < -0.39 is 17.5 Å². The van der Waals surface area contributed by atoms with Gasteiger partial charge in [0, 0.05) is 13.1 Å². The number of benzene rings is 2. The van der Waals surface area contributed by atoms with Crippen molar-refractivity contribution in [2.45, 2.75) is 32.3 Å². The first-order valence-electron chi connectivity index (χ1n) is 9.19. The van der Waals surface area contributed by atoms with Crippen molar-refractivity contribution in [1.82, 2.24) is 4.90 Å². The van der Waals surface area contributed by atoms with Gasteiger partial charge in [0.2, 0.25) is 5.91 Å². The second kappa shape index (κ2) is 7.92. The van der Waals surface area contributed by atoms with Crippen LogP contribution in [0.2, 0.25) is 0 Å². The molecule has 2 aromatic rings. The number of aliphatic hydroxyl groups excluding tert-OH is 1. The number of likely N-dealkylation sites (tertiary alicyclic amines) is 1. The Labute approximate surface area is 159 Å². The highest BCUT2D eigenvalue weighted by Crippen LogP contribution is 2.35. The van der Waals surface area contributed by atoms with E-state index >= 15 is 0 Å². The van der Waals surface area contributed by atoms with Gasteiger partial charge in [-0.15, -0.1) is 0 Å². The normalized spacial score (nSPS) is 22.4. The molecule has 2 atom stereocenters. The molecule has 0 radical (unpaired) electrons. The SMILES string of the molecule is Cc1cccc(CC(=O)N2CC[C@H](O)[C@@](Cc3ccccc3)(C(=O)O)C2)c1. The topological polar surface area (TPSA) is 77.8 Å². The van der Waals surface area contributed by atoms with E-state index in [1.54, 1.807) is 4.90 Å². The van der Waals surface area contributed by atoms with Crippen LogP contribution in [-0.4, -0.2) is 46.2 Å². The summed E-state index contributed by atoms with van der Waals surface area (Å²) >= 11 is 0. The Kier molecular flexibility index (Phi) is 5.61. The number of hydrogen-bond donors (Lipinski definition) is 2.